The quantitative estimate of drug-likeness (QED) is 0.708. The summed E-state index contributed by atoms with van der Waals surface area (Å²) >= 11 is 5.85. The summed E-state index contributed by atoms with van der Waals surface area (Å²) in [6, 6.07) is 0.163. The maximum absolute atomic E-state index is 11.6. The average Bonchev–Trinajstić information content (AvgIpc) is 2.00. The number of carbonyl (C=O) groups excluding carboxylic acids is 1. The molecule has 2 nitrogen and oxygen atoms in total. The average molecular weight is 220 g/mol. The van der Waals surface area contributed by atoms with Crippen molar-refractivity contribution in [3.63, 3.8) is 0 Å². The highest BCUT2D eigenvalue weighted by molar-refractivity contribution is 6.20. The van der Waals surface area contributed by atoms with Crippen LogP contribution in [-0.2, 0) is 4.79 Å². The van der Waals surface area contributed by atoms with Crippen molar-refractivity contribution in [2.24, 2.45) is 11.8 Å². The Morgan fingerprint density at radius 2 is 1.71 bits per heavy atom. The molecule has 0 aromatic rings. The molecule has 3 heteroatoms. The van der Waals surface area contributed by atoms with Gasteiger partial charge in [0.2, 0.25) is 5.91 Å². The Bertz CT molecular complexity index is 180. The van der Waals surface area contributed by atoms with E-state index in [9.17, 15) is 4.79 Å². The minimum Gasteiger partial charge on any atom is -0.353 e. The first-order valence-electron chi connectivity index (χ1n) is 5.29. The predicted octanol–water partition coefficient (Wildman–Crippen LogP) is 2.80. The molecule has 0 aromatic heterocycles. The zero-order chi connectivity index (χ0) is 11.3. The molecule has 0 aromatic carbocycles. The van der Waals surface area contributed by atoms with Crippen molar-refractivity contribution < 1.29 is 4.79 Å². The van der Waals surface area contributed by atoms with Gasteiger partial charge in [-0.1, -0.05) is 20.8 Å². The third-order valence-corrected chi connectivity index (χ3v) is 2.66. The Balaban J connectivity index is 3.93. The Kier molecular flexibility index (Phi) is 6.17. The lowest BCUT2D eigenvalue weighted by Crippen LogP contribution is -2.38. The summed E-state index contributed by atoms with van der Waals surface area (Å²) in [6.07, 6.45) is 0.818. The van der Waals surface area contributed by atoms with E-state index in [0.29, 0.717) is 5.92 Å². The van der Waals surface area contributed by atoms with Gasteiger partial charge in [-0.3, -0.25) is 4.79 Å². The molecule has 0 spiro atoms. The maximum atomic E-state index is 11.6. The van der Waals surface area contributed by atoms with Crippen molar-refractivity contribution in [1.29, 1.82) is 0 Å². The van der Waals surface area contributed by atoms with E-state index in [0.717, 1.165) is 6.42 Å². The van der Waals surface area contributed by atoms with Crippen LogP contribution in [0, 0.1) is 11.8 Å². The van der Waals surface area contributed by atoms with Crippen LogP contribution in [0.25, 0.3) is 0 Å². The van der Waals surface area contributed by atoms with Crippen LogP contribution >= 0.6 is 11.6 Å². The van der Waals surface area contributed by atoms with Gasteiger partial charge in [-0.2, -0.15) is 0 Å². The minimum atomic E-state index is 0.0723. The van der Waals surface area contributed by atoms with Crippen molar-refractivity contribution in [1.82, 2.24) is 5.32 Å². The molecule has 0 rings (SSSR count). The molecular weight excluding hydrogens is 198 g/mol. The molecule has 0 saturated carbocycles. The number of hydrogen-bond acceptors (Lipinski definition) is 1. The second-order valence-corrected chi connectivity index (χ2v) is 5.20. The van der Waals surface area contributed by atoms with Gasteiger partial charge in [-0.15, -0.1) is 11.6 Å². The van der Waals surface area contributed by atoms with Crippen LogP contribution in [0.15, 0.2) is 0 Å². The number of halogens is 1. The van der Waals surface area contributed by atoms with E-state index < -0.39 is 0 Å². The van der Waals surface area contributed by atoms with Crippen molar-refractivity contribution >= 4 is 17.5 Å². The lowest BCUT2D eigenvalue weighted by atomic mass is 9.97. The summed E-state index contributed by atoms with van der Waals surface area (Å²) in [5, 5.41) is 3.08. The standard InChI is InChI=1S/C11H22ClNO/c1-7(2)10(5)11(14)13-9(4)6-8(3)12/h7-10H,6H2,1-5H3,(H,13,14). The number of alkyl halides is 1. The highest BCUT2D eigenvalue weighted by Crippen LogP contribution is 2.11. The predicted molar refractivity (Wildman–Crippen MR) is 61.5 cm³/mol. The second-order valence-electron chi connectivity index (χ2n) is 4.46. The fraction of sp³-hybridized carbons (Fsp3) is 0.909. The summed E-state index contributed by atoms with van der Waals surface area (Å²) in [5.74, 6) is 0.587. The highest BCUT2D eigenvalue weighted by atomic mass is 35.5. The molecule has 1 amide bonds. The highest BCUT2D eigenvalue weighted by Gasteiger charge is 2.18. The van der Waals surface area contributed by atoms with Crippen LogP contribution in [0.4, 0.5) is 0 Å². The van der Waals surface area contributed by atoms with Crippen molar-refractivity contribution in [2.75, 3.05) is 0 Å². The molecule has 0 bridgehead atoms. The Hall–Kier alpha value is -0.240. The van der Waals surface area contributed by atoms with E-state index in [2.05, 4.69) is 19.2 Å². The lowest BCUT2D eigenvalue weighted by molar-refractivity contribution is -0.126. The van der Waals surface area contributed by atoms with E-state index >= 15 is 0 Å². The third kappa shape index (κ3) is 5.48. The van der Waals surface area contributed by atoms with Crippen molar-refractivity contribution in [2.45, 2.75) is 52.5 Å². The molecule has 84 valence electrons. The molecule has 0 heterocycles. The van der Waals surface area contributed by atoms with Gasteiger partial charge >= 0.3 is 0 Å². The first kappa shape index (κ1) is 13.8. The van der Waals surface area contributed by atoms with Gasteiger partial charge in [0.05, 0.1) is 0 Å². The molecule has 14 heavy (non-hydrogen) atoms. The van der Waals surface area contributed by atoms with Crippen LogP contribution in [0.5, 0.6) is 0 Å². The van der Waals surface area contributed by atoms with Crippen LogP contribution in [0.1, 0.15) is 41.0 Å². The Morgan fingerprint density at radius 3 is 2.07 bits per heavy atom. The molecular formula is C11H22ClNO. The molecule has 3 atom stereocenters. The fourth-order valence-corrected chi connectivity index (χ4v) is 1.49. The molecule has 0 saturated heterocycles. The second kappa shape index (κ2) is 6.28. The lowest BCUT2D eigenvalue weighted by Gasteiger charge is -2.20. The van der Waals surface area contributed by atoms with E-state index in [1.165, 1.54) is 0 Å². The number of hydrogen-bond donors (Lipinski definition) is 1. The SMILES string of the molecule is CC(Cl)CC(C)NC(=O)C(C)C(C)C. The van der Waals surface area contributed by atoms with Gasteiger partial charge in [0.25, 0.3) is 0 Å². The molecule has 0 fully saturated rings. The summed E-state index contributed by atoms with van der Waals surface area (Å²) in [4.78, 5) is 11.6. The van der Waals surface area contributed by atoms with Crippen LogP contribution in [-0.4, -0.2) is 17.3 Å². The summed E-state index contributed by atoms with van der Waals surface area (Å²) in [6.45, 7) is 9.99. The number of amides is 1. The van der Waals surface area contributed by atoms with E-state index in [1.807, 2.05) is 20.8 Å². The minimum absolute atomic E-state index is 0.0723. The van der Waals surface area contributed by atoms with Crippen LogP contribution in [0.3, 0.4) is 0 Å². The fourth-order valence-electron chi connectivity index (χ4n) is 1.22. The molecule has 0 aliphatic heterocycles. The Morgan fingerprint density at radius 1 is 1.21 bits per heavy atom. The molecule has 0 radical (unpaired) electrons. The van der Waals surface area contributed by atoms with Gasteiger partial charge < -0.3 is 5.32 Å². The van der Waals surface area contributed by atoms with Crippen LogP contribution < -0.4 is 5.32 Å². The van der Waals surface area contributed by atoms with Crippen LogP contribution in [0.2, 0.25) is 0 Å². The smallest absolute Gasteiger partial charge is 0.223 e. The van der Waals surface area contributed by atoms with Crippen molar-refractivity contribution in [3.8, 4) is 0 Å². The zero-order valence-electron chi connectivity index (χ0n) is 9.80. The van der Waals surface area contributed by atoms with Gasteiger partial charge in [-0.25, -0.2) is 0 Å². The largest absolute Gasteiger partial charge is 0.353 e. The number of carbonyl (C=O) groups is 1. The van der Waals surface area contributed by atoms with Gasteiger partial charge in [-0.05, 0) is 26.2 Å². The summed E-state index contributed by atoms with van der Waals surface area (Å²) < 4.78 is 0. The molecule has 0 aliphatic rings. The summed E-state index contributed by atoms with van der Waals surface area (Å²) in [7, 11) is 0. The normalized spacial score (nSPS) is 17.6. The number of nitrogens with one attached hydrogen (secondary N) is 1. The van der Waals surface area contributed by atoms with E-state index in [4.69, 9.17) is 11.6 Å². The summed E-state index contributed by atoms with van der Waals surface area (Å²) in [5.41, 5.74) is 0. The zero-order valence-corrected chi connectivity index (χ0v) is 10.6. The van der Waals surface area contributed by atoms with Gasteiger partial charge in [0, 0.05) is 17.3 Å². The molecule has 1 N–H and O–H groups in total. The number of rotatable bonds is 5. The van der Waals surface area contributed by atoms with Crippen molar-refractivity contribution in [3.05, 3.63) is 0 Å². The first-order chi connectivity index (χ1) is 6.34. The van der Waals surface area contributed by atoms with E-state index in [-0.39, 0.29) is 23.2 Å². The molecule has 3 unspecified atom stereocenters. The topological polar surface area (TPSA) is 29.1 Å². The monoisotopic (exact) mass is 219 g/mol. The molecule has 0 aliphatic carbocycles. The third-order valence-electron chi connectivity index (χ3n) is 2.48. The van der Waals surface area contributed by atoms with Gasteiger partial charge in [0.15, 0.2) is 0 Å². The Labute approximate surface area is 92.4 Å². The van der Waals surface area contributed by atoms with Gasteiger partial charge in [0.1, 0.15) is 0 Å². The van der Waals surface area contributed by atoms with E-state index in [1.54, 1.807) is 0 Å². The first-order valence-corrected chi connectivity index (χ1v) is 5.72. The maximum Gasteiger partial charge on any atom is 0.223 e.